The molecular formula is C16H31N3O2. The van der Waals surface area contributed by atoms with Gasteiger partial charge in [0.2, 0.25) is 0 Å². The molecule has 0 aromatic carbocycles. The number of rotatable bonds is 7. The Bertz CT molecular complexity index is 373. The van der Waals surface area contributed by atoms with E-state index in [0.717, 1.165) is 19.4 Å². The molecule has 0 aromatic heterocycles. The van der Waals surface area contributed by atoms with E-state index < -0.39 is 11.5 Å². The van der Waals surface area contributed by atoms with Gasteiger partial charge in [0.05, 0.1) is 0 Å². The Labute approximate surface area is 128 Å². The molecule has 1 aliphatic carbocycles. The SMILES string of the molecule is CC(CC(C)(NC1CC1)C(=O)O)N(C)C1CCCN(C)C1. The fourth-order valence-corrected chi connectivity index (χ4v) is 3.45. The molecule has 1 heterocycles. The number of aliphatic carboxylic acids is 1. The maximum Gasteiger partial charge on any atom is 0.323 e. The first kappa shape index (κ1) is 16.7. The molecule has 0 aromatic rings. The van der Waals surface area contributed by atoms with Crippen LogP contribution in [-0.4, -0.2) is 71.7 Å². The summed E-state index contributed by atoms with van der Waals surface area (Å²) >= 11 is 0. The van der Waals surface area contributed by atoms with Crippen molar-refractivity contribution in [1.29, 1.82) is 0 Å². The monoisotopic (exact) mass is 297 g/mol. The predicted molar refractivity (Wildman–Crippen MR) is 84.6 cm³/mol. The zero-order chi connectivity index (χ0) is 15.6. The Kier molecular flexibility index (Phi) is 5.28. The summed E-state index contributed by atoms with van der Waals surface area (Å²) in [5.74, 6) is -0.726. The summed E-state index contributed by atoms with van der Waals surface area (Å²) in [4.78, 5) is 16.4. The fraction of sp³-hybridized carbons (Fsp3) is 0.938. The molecule has 0 radical (unpaired) electrons. The van der Waals surface area contributed by atoms with Crippen molar-refractivity contribution >= 4 is 5.97 Å². The van der Waals surface area contributed by atoms with Crippen molar-refractivity contribution in [2.45, 2.75) is 69.6 Å². The summed E-state index contributed by atoms with van der Waals surface area (Å²) in [6.45, 7) is 6.25. The highest BCUT2D eigenvalue weighted by Crippen LogP contribution is 2.27. The minimum absolute atomic E-state index is 0.258. The van der Waals surface area contributed by atoms with Gasteiger partial charge in [0, 0.05) is 24.7 Å². The van der Waals surface area contributed by atoms with Crippen LogP contribution in [0.2, 0.25) is 0 Å². The van der Waals surface area contributed by atoms with E-state index in [1.807, 2.05) is 6.92 Å². The molecular weight excluding hydrogens is 266 g/mol. The Balaban J connectivity index is 1.93. The van der Waals surface area contributed by atoms with Crippen LogP contribution in [0.25, 0.3) is 0 Å². The van der Waals surface area contributed by atoms with E-state index in [0.29, 0.717) is 18.5 Å². The quantitative estimate of drug-likeness (QED) is 0.744. The van der Waals surface area contributed by atoms with Crippen molar-refractivity contribution in [3.63, 3.8) is 0 Å². The smallest absolute Gasteiger partial charge is 0.323 e. The summed E-state index contributed by atoms with van der Waals surface area (Å²) in [7, 11) is 4.31. The van der Waals surface area contributed by atoms with Crippen LogP contribution in [0.15, 0.2) is 0 Å². The van der Waals surface area contributed by atoms with Crippen molar-refractivity contribution in [2.24, 2.45) is 0 Å². The van der Waals surface area contributed by atoms with Crippen molar-refractivity contribution in [2.75, 3.05) is 27.2 Å². The van der Waals surface area contributed by atoms with E-state index in [4.69, 9.17) is 0 Å². The van der Waals surface area contributed by atoms with E-state index in [9.17, 15) is 9.90 Å². The Morgan fingerprint density at radius 1 is 1.48 bits per heavy atom. The number of likely N-dealkylation sites (N-methyl/N-ethyl adjacent to an activating group) is 2. The number of likely N-dealkylation sites (tertiary alicyclic amines) is 1. The molecule has 5 heteroatoms. The second-order valence-corrected chi connectivity index (χ2v) is 7.33. The number of nitrogens with one attached hydrogen (secondary N) is 1. The van der Waals surface area contributed by atoms with Gasteiger partial charge in [-0.25, -0.2) is 0 Å². The zero-order valence-electron chi connectivity index (χ0n) is 13.9. The normalized spacial score (nSPS) is 28.3. The number of hydrogen-bond donors (Lipinski definition) is 2. The van der Waals surface area contributed by atoms with Gasteiger partial charge in [0.25, 0.3) is 0 Å². The molecule has 1 saturated carbocycles. The van der Waals surface area contributed by atoms with Gasteiger partial charge in [-0.1, -0.05) is 0 Å². The molecule has 2 N–H and O–H groups in total. The van der Waals surface area contributed by atoms with Gasteiger partial charge in [-0.05, 0) is 66.6 Å². The van der Waals surface area contributed by atoms with E-state index in [1.165, 1.54) is 19.4 Å². The number of carboxylic acids is 1. The Morgan fingerprint density at radius 3 is 2.67 bits per heavy atom. The lowest BCUT2D eigenvalue weighted by Crippen LogP contribution is -2.56. The molecule has 0 spiro atoms. The summed E-state index contributed by atoms with van der Waals surface area (Å²) in [5.41, 5.74) is -0.810. The molecule has 2 aliphatic rings. The third-order valence-electron chi connectivity index (χ3n) is 5.15. The van der Waals surface area contributed by atoms with Crippen LogP contribution in [0.5, 0.6) is 0 Å². The number of carboxylic acid groups (broad SMARTS) is 1. The second kappa shape index (κ2) is 6.63. The van der Waals surface area contributed by atoms with Crippen LogP contribution >= 0.6 is 0 Å². The highest BCUT2D eigenvalue weighted by atomic mass is 16.4. The molecule has 3 unspecified atom stereocenters. The highest BCUT2D eigenvalue weighted by Gasteiger charge is 2.40. The topological polar surface area (TPSA) is 55.8 Å². The molecule has 1 saturated heterocycles. The van der Waals surface area contributed by atoms with Crippen LogP contribution in [0.3, 0.4) is 0 Å². The average molecular weight is 297 g/mol. The molecule has 3 atom stereocenters. The summed E-state index contributed by atoms with van der Waals surface area (Å²) in [5, 5.41) is 12.9. The zero-order valence-corrected chi connectivity index (χ0v) is 13.9. The van der Waals surface area contributed by atoms with Crippen LogP contribution < -0.4 is 5.32 Å². The summed E-state index contributed by atoms with van der Waals surface area (Å²) < 4.78 is 0. The number of hydrogen-bond acceptors (Lipinski definition) is 4. The molecule has 2 rings (SSSR count). The van der Waals surface area contributed by atoms with Crippen molar-refractivity contribution in [3.05, 3.63) is 0 Å². The maximum absolute atomic E-state index is 11.7. The van der Waals surface area contributed by atoms with Crippen LogP contribution in [0, 0.1) is 0 Å². The average Bonchev–Trinajstić information content (AvgIpc) is 3.21. The molecule has 1 aliphatic heterocycles. The number of piperidine rings is 1. The summed E-state index contributed by atoms with van der Waals surface area (Å²) in [6.07, 6.45) is 5.32. The maximum atomic E-state index is 11.7. The first-order valence-corrected chi connectivity index (χ1v) is 8.23. The Hall–Kier alpha value is -0.650. The first-order chi connectivity index (χ1) is 9.82. The van der Waals surface area contributed by atoms with Gasteiger partial charge in [0.15, 0.2) is 0 Å². The highest BCUT2D eigenvalue weighted by molar-refractivity contribution is 5.78. The standard InChI is InChI=1S/C16H31N3O2/c1-12(19(4)14-6-5-9-18(3)11-14)10-16(2,15(20)21)17-13-7-8-13/h12-14,17H,5-11H2,1-4H3,(H,20,21). The molecule has 2 fully saturated rings. The predicted octanol–water partition coefficient (Wildman–Crippen LogP) is 1.39. The summed E-state index contributed by atoms with van der Waals surface area (Å²) in [6, 6.07) is 1.20. The van der Waals surface area contributed by atoms with Gasteiger partial charge in [-0.3, -0.25) is 15.0 Å². The third-order valence-corrected chi connectivity index (χ3v) is 5.15. The molecule has 0 bridgehead atoms. The molecule has 5 nitrogen and oxygen atoms in total. The van der Waals surface area contributed by atoms with Gasteiger partial charge in [-0.2, -0.15) is 0 Å². The number of carbonyl (C=O) groups is 1. The first-order valence-electron chi connectivity index (χ1n) is 8.23. The minimum atomic E-state index is -0.810. The lowest BCUT2D eigenvalue weighted by atomic mass is 9.91. The van der Waals surface area contributed by atoms with Gasteiger partial charge in [0.1, 0.15) is 5.54 Å². The van der Waals surface area contributed by atoms with E-state index in [2.05, 4.69) is 36.1 Å². The lowest BCUT2D eigenvalue weighted by Gasteiger charge is -2.41. The lowest BCUT2D eigenvalue weighted by molar-refractivity contribution is -0.145. The van der Waals surface area contributed by atoms with E-state index in [1.54, 1.807) is 0 Å². The van der Waals surface area contributed by atoms with E-state index in [-0.39, 0.29) is 6.04 Å². The minimum Gasteiger partial charge on any atom is -0.480 e. The van der Waals surface area contributed by atoms with Crippen molar-refractivity contribution < 1.29 is 9.90 Å². The largest absolute Gasteiger partial charge is 0.480 e. The van der Waals surface area contributed by atoms with Gasteiger partial charge < -0.3 is 10.0 Å². The second-order valence-electron chi connectivity index (χ2n) is 7.33. The van der Waals surface area contributed by atoms with Gasteiger partial charge in [-0.15, -0.1) is 0 Å². The van der Waals surface area contributed by atoms with E-state index >= 15 is 0 Å². The van der Waals surface area contributed by atoms with Crippen LogP contribution in [-0.2, 0) is 4.79 Å². The number of nitrogens with zero attached hydrogens (tertiary/aromatic N) is 2. The van der Waals surface area contributed by atoms with Crippen molar-refractivity contribution in [1.82, 2.24) is 15.1 Å². The van der Waals surface area contributed by atoms with Gasteiger partial charge >= 0.3 is 5.97 Å². The third kappa shape index (κ3) is 4.41. The molecule has 122 valence electrons. The molecule has 21 heavy (non-hydrogen) atoms. The van der Waals surface area contributed by atoms with Crippen LogP contribution in [0.4, 0.5) is 0 Å². The van der Waals surface area contributed by atoms with Crippen LogP contribution in [0.1, 0.15) is 46.0 Å². The fourth-order valence-electron chi connectivity index (χ4n) is 3.45. The Morgan fingerprint density at radius 2 is 2.14 bits per heavy atom. The molecule has 0 amide bonds. The van der Waals surface area contributed by atoms with Crippen molar-refractivity contribution in [3.8, 4) is 0 Å².